The summed E-state index contributed by atoms with van der Waals surface area (Å²) in [4.78, 5) is 2.42. The molecule has 2 aliphatic carbocycles. The molecule has 68 heavy (non-hydrogen) atoms. The average Bonchev–Trinajstić information content (AvgIpc) is 3.97. The highest BCUT2D eigenvalue weighted by Gasteiger charge is 2.38. The van der Waals surface area contributed by atoms with Gasteiger partial charge in [0.2, 0.25) is 0 Å². The van der Waals surface area contributed by atoms with Gasteiger partial charge in [-0.25, -0.2) is 0 Å². The van der Waals surface area contributed by atoms with Gasteiger partial charge in [-0.05, 0) is 132 Å². The zero-order valence-corrected chi connectivity index (χ0v) is 38.7. The molecule has 11 aromatic rings. The summed E-state index contributed by atoms with van der Waals surface area (Å²) < 4.78 is 6.43. The van der Waals surface area contributed by atoms with Crippen molar-refractivity contribution < 1.29 is 4.42 Å². The molecular weight excluding hydrogens is 823 g/mol. The topological polar surface area (TPSA) is 16.4 Å². The van der Waals surface area contributed by atoms with Gasteiger partial charge in [0.25, 0.3) is 0 Å². The lowest BCUT2D eigenvalue weighted by Gasteiger charge is -2.28. The first kappa shape index (κ1) is 40.1. The Morgan fingerprint density at radius 3 is 1.54 bits per heavy atom. The van der Waals surface area contributed by atoms with Crippen LogP contribution < -0.4 is 4.90 Å². The predicted octanol–water partition coefficient (Wildman–Crippen LogP) is 18.3. The van der Waals surface area contributed by atoms with Crippen molar-refractivity contribution in [2.45, 2.75) is 38.5 Å². The van der Waals surface area contributed by atoms with Gasteiger partial charge in [-0.3, -0.25) is 0 Å². The number of furan rings is 1. The molecule has 10 aromatic carbocycles. The molecule has 0 atom stereocenters. The summed E-state index contributed by atoms with van der Waals surface area (Å²) in [6, 6.07) is 82.5. The number of fused-ring (bicyclic) bond motifs is 9. The van der Waals surface area contributed by atoms with Crippen molar-refractivity contribution in [2.75, 3.05) is 4.90 Å². The highest BCUT2D eigenvalue weighted by molar-refractivity contribution is 6.14. The number of para-hydroxylation sites is 2. The van der Waals surface area contributed by atoms with Crippen LogP contribution in [-0.2, 0) is 10.8 Å². The number of nitrogens with zero attached hydrogens (tertiary/aromatic N) is 1. The van der Waals surface area contributed by atoms with Gasteiger partial charge < -0.3 is 9.32 Å². The van der Waals surface area contributed by atoms with E-state index < -0.39 is 0 Å². The standard InChI is InChI=1S/C66H49NO/c1-65(2)57-26-11-7-19-49(57)51-40-35-44(41-59(51)65)42-31-36-45(37-32-42)67(60-28-13-9-21-52(60)53-23-16-30-62-63(53)56-22-10-14-29-61(56)68-62)46-38-33-43(34-39-46)47-17-5-6-18-48(47)54-24-15-25-55-50-20-8-12-27-58(50)66(3,4)64(54)55/h5-41H,1-4H3. The zero-order valence-electron chi connectivity index (χ0n) is 38.7. The molecule has 0 spiro atoms. The van der Waals surface area contributed by atoms with E-state index in [-0.39, 0.29) is 10.8 Å². The molecule has 0 aliphatic heterocycles. The molecule has 13 rings (SSSR count). The lowest BCUT2D eigenvalue weighted by atomic mass is 9.78. The Hall–Kier alpha value is -8.20. The highest BCUT2D eigenvalue weighted by atomic mass is 16.3. The number of hydrogen-bond donors (Lipinski definition) is 0. The van der Waals surface area contributed by atoms with Crippen molar-refractivity contribution in [3.63, 3.8) is 0 Å². The van der Waals surface area contributed by atoms with Crippen LogP contribution in [0.15, 0.2) is 229 Å². The number of anilines is 3. The fourth-order valence-corrected chi connectivity index (χ4v) is 11.8. The first-order chi connectivity index (χ1) is 33.3. The van der Waals surface area contributed by atoms with Gasteiger partial charge in [-0.2, -0.15) is 0 Å². The molecule has 2 nitrogen and oxygen atoms in total. The van der Waals surface area contributed by atoms with Gasteiger partial charge in [0.1, 0.15) is 11.2 Å². The molecule has 0 N–H and O–H groups in total. The van der Waals surface area contributed by atoms with Gasteiger partial charge in [-0.1, -0.05) is 204 Å². The van der Waals surface area contributed by atoms with Crippen LogP contribution in [0.4, 0.5) is 17.1 Å². The molecule has 1 heterocycles. The van der Waals surface area contributed by atoms with Crippen molar-refractivity contribution >= 4 is 39.0 Å². The quantitative estimate of drug-likeness (QED) is 0.159. The second-order valence-corrected chi connectivity index (χ2v) is 19.6. The molecule has 2 heteroatoms. The van der Waals surface area contributed by atoms with Crippen LogP contribution >= 0.6 is 0 Å². The van der Waals surface area contributed by atoms with Crippen LogP contribution in [0.3, 0.4) is 0 Å². The van der Waals surface area contributed by atoms with Gasteiger partial charge in [0.15, 0.2) is 0 Å². The van der Waals surface area contributed by atoms with E-state index in [0.29, 0.717) is 0 Å². The van der Waals surface area contributed by atoms with Crippen LogP contribution in [-0.4, -0.2) is 0 Å². The van der Waals surface area contributed by atoms with Crippen LogP contribution in [0.5, 0.6) is 0 Å². The monoisotopic (exact) mass is 871 g/mol. The Morgan fingerprint density at radius 1 is 0.324 bits per heavy atom. The molecule has 0 bridgehead atoms. The molecule has 1 aromatic heterocycles. The minimum absolute atomic E-state index is 0.0677. The lowest BCUT2D eigenvalue weighted by molar-refractivity contribution is 0.660. The van der Waals surface area contributed by atoms with Crippen molar-refractivity contribution in [2.24, 2.45) is 0 Å². The Labute approximate surface area is 398 Å². The molecule has 324 valence electrons. The van der Waals surface area contributed by atoms with Gasteiger partial charge in [-0.15, -0.1) is 0 Å². The van der Waals surface area contributed by atoms with E-state index in [1.165, 1.54) is 77.9 Å². The average molecular weight is 872 g/mol. The summed E-state index contributed by atoms with van der Waals surface area (Å²) >= 11 is 0. The van der Waals surface area contributed by atoms with Crippen LogP contribution in [0.2, 0.25) is 0 Å². The zero-order chi connectivity index (χ0) is 45.7. The third kappa shape index (κ3) is 6.03. The maximum absolute atomic E-state index is 6.43. The minimum Gasteiger partial charge on any atom is -0.456 e. The Morgan fingerprint density at radius 2 is 0.809 bits per heavy atom. The first-order valence-corrected chi connectivity index (χ1v) is 23.8. The van der Waals surface area contributed by atoms with Crippen LogP contribution in [0.25, 0.3) is 88.7 Å². The molecule has 0 unspecified atom stereocenters. The third-order valence-corrected chi connectivity index (χ3v) is 15.1. The minimum atomic E-state index is -0.126. The largest absolute Gasteiger partial charge is 0.456 e. The Balaban J connectivity index is 0.937. The first-order valence-electron chi connectivity index (χ1n) is 23.8. The molecule has 0 amide bonds. The van der Waals surface area contributed by atoms with E-state index in [2.05, 4.69) is 251 Å². The van der Waals surface area contributed by atoms with E-state index in [4.69, 9.17) is 4.42 Å². The van der Waals surface area contributed by atoms with Crippen molar-refractivity contribution in [3.8, 4) is 66.8 Å². The normalized spacial score (nSPS) is 13.8. The maximum atomic E-state index is 6.43. The molecule has 0 saturated carbocycles. The van der Waals surface area contributed by atoms with Crippen molar-refractivity contribution in [1.82, 2.24) is 0 Å². The summed E-state index contributed by atoms with van der Waals surface area (Å²) in [5, 5.41) is 2.24. The lowest BCUT2D eigenvalue weighted by Crippen LogP contribution is -2.16. The van der Waals surface area contributed by atoms with E-state index in [1.807, 2.05) is 6.07 Å². The molecule has 2 aliphatic rings. The maximum Gasteiger partial charge on any atom is 0.136 e. The van der Waals surface area contributed by atoms with Crippen LogP contribution in [0, 0.1) is 0 Å². The SMILES string of the molecule is CC1(C)c2ccccc2-c2ccc(-c3ccc(N(c4ccc(-c5ccccc5-c5cccc6c5C(C)(C)c5ccccc5-6)cc4)c4ccccc4-c4cccc5oc6ccccc6c45)cc3)cc21. The van der Waals surface area contributed by atoms with E-state index in [1.54, 1.807) is 0 Å². The summed E-state index contributed by atoms with van der Waals surface area (Å²) in [6.07, 6.45) is 0. The third-order valence-electron chi connectivity index (χ3n) is 15.1. The summed E-state index contributed by atoms with van der Waals surface area (Å²) in [6.45, 7) is 9.45. The van der Waals surface area contributed by atoms with Gasteiger partial charge in [0, 0.05) is 38.5 Å². The van der Waals surface area contributed by atoms with Crippen LogP contribution in [0.1, 0.15) is 49.9 Å². The number of rotatable bonds is 7. The smallest absolute Gasteiger partial charge is 0.136 e. The second kappa shape index (κ2) is 15.2. The molecule has 0 fully saturated rings. The van der Waals surface area contributed by atoms with Gasteiger partial charge in [0.05, 0.1) is 5.69 Å². The Kier molecular flexibility index (Phi) is 8.95. The second-order valence-electron chi connectivity index (χ2n) is 19.6. The number of benzene rings is 10. The van der Waals surface area contributed by atoms with Gasteiger partial charge >= 0.3 is 0 Å². The molecular formula is C66H49NO. The molecule has 0 saturated heterocycles. The fraction of sp³-hybridized carbons (Fsp3) is 0.0909. The van der Waals surface area contributed by atoms with E-state index in [9.17, 15) is 0 Å². The Bertz CT molecular complexity index is 3790. The fourth-order valence-electron chi connectivity index (χ4n) is 11.8. The van der Waals surface area contributed by atoms with Crippen molar-refractivity contribution in [3.05, 3.63) is 247 Å². The summed E-state index contributed by atoms with van der Waals surface area (Å²) in [5.74, 6) is 0. The van der Waals surface area contributed by atoms with E-state index in [0.717, 1.165) is 50.1 Å². The summed E-state index contributed by atoms with van der Waals surface area (Å²) in [7, 11) is 0. The predicted molar refractivity (Wildman–Crippen MR) is 285 cm³/mol. The summed E-state index contributed by atoms with van der Waals surface area (Å²) in [5.41, 5.74) is 25.3. The highest BCUT2D eigenvalue weighted by Crippen LogP contribution is 2.54. The molecule has 0 radical (unpaired) electrons. The number of hydrogen-bond acceptors (Lipinski definition) is 2. The van der Waals surface area contributed by atoms with E-state index >= 15 is 0 Å². The van der Waals surface area contributed by atoms with Crippen molar-refractivity contribution in [1.29, 1.82) is 0 Å².